The Labute approximate surface area is 158 Å². The number of allylic oxidation sites excluding steroid dienone is 2. The number of halogens is 2. The van der Waals surface area contributed by atoms with Crippen molar-refractivity contribution < 1.29 is 18.9 Å². The Morgan fingerprint density at radius 2 is 1.73 bits per heavy atom. The highest BCUT2D eigenvalue weighted by Crippen LogP contribution is 2.41. The first kappa shape index (κ1) is 18.2. The third-order valence-electron chi connectivity index (χ3n) is 3.66. The van der Waals surface area contributed by atoms with Crippen molar-refractivity contribution in [1.82, 2.24) is 0 Å². The smallest absolute Gasteiger partial charge is 0.219 e. The summed E-state index contributed by atoms with van der Waals surface area (Å²) in [5, 5.41) is 0. The van der Waals surface area contributed by atoms with Gasteiger partial charge in [0.1, 0.15) is 11.9 Å². The van der Waals surface area contributed by atoms with Gasteiger partial charge in [0.05, 0.1) is 7.11 Å². The van der Waals surface area contributed by atoms with Crippen molar-refractivity contribution in [2.24, 2.45) is 0 Å². The van der Waals surface area contributed by atoms with E-state index in [-0.39, 0.29) is 6.10 Å². The van der Waals surface area contributed by atoms with Crippen LogP contribution in [-0.4, -0.2) is 40.3 Å². The number of ether oxygens (including phenoxy) is 4. The van der Waals surface area contributed by atoms with Crippen LogP contribution in [0.4, 0.5) is 0 Å². The molecule has 0 saturated carbocycles. The minimum absolute atomic E-state index is 0.297. The van der Waals surface area contributed by atoms with Gasteiger partial charge < -0.3 is 18.9 Å². The van der Waals surface area contributed by atoms with Crippen molar-refractivity contribution in [3.63, 3.8) is 0 Å². The van der Waals surface area contributed by atoms with E-state index in [2.05, 4.69) is 45.2 Å². The third-order valence-corrected chi connectivity index (χ3v) is 5.49. The van der Waals surface area contributed by atoms with Crippen molar-refractivity contribution >= 4 is 50.8 Å². The summed E-state index contributed by atoms with van der Waals surface area (Å²) in [6, 6.07) is 6.00. The largest absolute Gasteiger partial charge is 0.497 e. The predicted molar refractivity (Wildman–Crippen MR) is 103 cm³/mol. The second-order valence-electron chi connectivity index (χ2n) is 4.70. The predicted octanol–water partition coefficient (Wildman–Crippen LogP) is 4.02. The number of benzene rings is 1. The molecule has 1 atom stereocenters. The van der Waals surface area contributed by atoms with E-state index < -0.39 is 5.79 Å². The topological polar surface area (TPSA) is 36.9 Å². The van der Waals surface area contributed by atoms with Crippen LogP contribution < -0.4 is 4.74 Å². The molecule has 0 saturated heterocycles. The Bertz CT molecular complexity index is 606. The maximum absolute atomic E-state index is 5.62. The van der Waals surface area contributed by atoms with E-state index in [9.17, 15) is 0 Å². The van der Waals surface area contributed by atoms with Crippen LogP contribution >= 0.6 is 45.2 Å². The Kier molecular flexibility index (Phi) is 6.29. The summed E-state index contributed by atoms with van der Waals surface area (Å²) >= 11 is 4.62. The molecule has 0 bridgehead atoms. The van der Waals surface area contributed by atoms with Gasteiger partial charge in [0.15, 0.2) is 0 Å². The highest BCUT2D eigenvalue weighted by atomic mass is 127. The molecule has 6 heteroatoms. The molecule has 1 aliphatic carbocycles. The second kappa shape index (κ2) is 7.61. The highest BCUT2D eigenvalue weighted by molar-refractivity contribution is 14.1. The van der Waals surface area contributed by atoms with Gasteiger partial charge in [-0.1, -0.05) is 0 Å². The highest BCUT2D eigenvalue weighted by Gasteiger charge is 2.40. The Morgan fingerprint density at radius 1 is 1.05 bits per heavy atom. The molecule has 0 fully saturated rings. The average Bonchev–Trinajstić information content (AvgIpc) is 2.55. The quantitative estimate of drug-likeness (QED) is 0.428. The lowest BCUT2D eigenvalue weighted by Crippen LogP contribution is -2.46. The maximum atomic E-state index is 5.62. The van der Waals surface area contributed by atoms with E-state index in [4.69, 9.17) is 18.9 Å². The maximum Gasteiger partial charge on any atom is 0.219 e. The Balaban J connectivity index is 2.54. The molecular formula is C16H18I2O4. The normalized spacial score (nSPS) is 20.4. The van der Waals surface area contributed by atoms with E-state index in [1.165, 1.54) is 0 Å². The van der Waals surface area contributed by atoms with Gasteiger partial charge in [-0.05, 0) is 86.7 Å². The summed E-state index contributed by atoms with van der Waals surface area (Å²) in [5.74, 6) is -0.0926. The van der Waals surface area contributed by atoms with Gasteiger partial charge in [0.2, 0.25) is 5.79 Å². The average molecular weight is 528 g/mol. The van der Waals surface area contributed by atoms with Gasteiger partial charge in [-0.2, -0.15) is 0 Å². The van der Waals surface area contributed by atoms with Gasteiger partial charge in [-0.3, -0.25) is 0 Å². The fourth-order valence-corrected chi connectivity index (χ4v) is 3.95. The van der Waals surface area contributed by atoms with Gasteiger partial charge in [0, 0.05) is 28.5 Å². The molecule has 1 aromatic carbocycles. The van der Waals surface area contributed by atoms with Crippen molar-refractivity contribution in [2.45, 2.75) is 11.9 Å². The lowest BCUT2D eigenvalue weighted by molar-refractivity contribution is -0.220. The molecule has 1 unspecified atom stereocenters. The summed E-state index contributed by atoms with van der Waals surface area (Å²) in [5.41, 5.74) is 2.17. The number of hydrogen-bond acceptors (Lipinski definition) is 4. The van der Waals surface area contributed by atoms with Crippen LogP contribution in [0.15, 0.2) is 33.9 Å². The molecule has 0 aromatic heterocycles. The molecule has 2 rings (SSSR count). The van der Waals surface area contributed by atoms with Crippen molar-refractivity contribution in [1.29, 1.82) is 0 Å². The summed E-state index contributed by atoms with van der Waals surface area (Å²) in [4.78, 5) is 0. The number of rotatable bonds is 5. The molecule has 0 heterocycles. The first-order valence-corrected chi connectivity index (χ1v) is 8.74. The van der Waals surface area contributed by atoms with Crippen molar-refractivity contribution in [3.8, 4) is 5.75 Å². The van der Waals surface area contributed by atoms with Crippen LogP contribution in [0.3, 0.4) is 0 Å². The summed E-state index contributed by atoms with van der Waals surface area (Å²) in [7, 11) is 6.55. The SMILES string of the molecule is COc1ccc(C2=CC(OC)(OC)C(OC)C=C2I)c(I)c1. The zero-order chi connectivity index (χ0) is 16.3. The van der Waals surface area contributed by atoms with E-state index in [1.54, 1.807) is 28.4 Å². The summed E-state index contributed by atoms with van der Waals surface area (Å²) in [6.45, 7) is 0. The zero-order valence-corrected chi connectivity index (χ0v) is 17.2. The second-order valence-corrected chi connectivity index (χ2v) is 7.03. The van der Waals surface area contributed by atoms with Gasteiger partial charge >= 0.3 is 0 Å². The molecule has 0 N–H and O–H groups in total. The molecule has 22 heavy (non-hydrogen) atoms. The first-order chi connectivity index (χ1) is 10.5. The van der Waals surface area contributed by atoms with Gasteiger partial charge in [-0.25, -0.2) is 0 Å². The van der Waals surface area contributed by atoms with Crippen LogP contribution in [0.5, 0.6) is 5.75 Å². The molecule has 4 nitrogen and oxygen atoms in total. The zero-order valence-electron chi connectivity index (χ0n) is 12.9. The first-order valence-electron chi connectivity index (χ1n) is 6.59. The third kappa shape index (κ3) is 3.35. The van der Waals surface area contributed by atoms with Crippen LogP contribution in [0.1, 0.15) is 5.56 Å². The van der Waals surface area contributed by atoms with Crippen molar-refractivity contribution in [2.75, 3.05) is 28.4 Å². The lowest BCUT2D eigenvalue weighted by atomic mass is 9.93. The number of methoxy groups -OCH3 is 4. The summed E-state index contributed by atoms with van der Waals surface area (Å²) in [6.07, 6.45) is 3.70. The standard InChI is InChI=1S/C16H18I2O4/c1-19-10-5-6-11(13(17)7-10)12-9-16(21-3,22-4)15(20-2)8-14(12)18/h5-9,15H,1-4H3. The molecule has 120 valence electrons. The van der Waals surface area contributed by atoms with Crippen LogP contribution in [0.25, 0.3) is 5.57 Å². The Morgan fingerprint density at radius 3 is 2.23 bits per heavy atom. The van der Waals surface area contributed by atoms with Crippen LogP contribution in [0.2, 0.25) is 0 Å². The molecule has 1 aliphatic rings. The fourth-order valence-electron chi connectivity index (χ4n) is 2.40. The molecule has 0 spiro atoms. The monoisotopic (exact) mass is 528 g/mol. The number of hydrogen-bond donors (Lipinski definition) is 0. The Hall–Kier alpha value is -0.160. The van der Waals surface area contributed by atoms with Crippen LogP contribution in [-0.2, 0) is 14.2 Å². The molecule has 1 aromatic rings. The van der Waals surface area contributed by atoms with Gasteiger partial charge in [0.25, 0.3) is 0 Å². The molecular weight excluding hydrogens is 510 g/mol. The molecule has 0 aliphatic heterocycles. The van der Waals surface area contributed by atoms with Gasteiger partial charge in [-0.15, -0.1) is 0 Å². The van der Waals surface area contributed by atoms with E-state index in [0.29, 0.717) is 0 Å². The molecule has 0 radical (unpaired) electrons. The van der Waals surface area contributed by atoms with Crippen LogP contribution in [0, 0.1) is 3.57 Å². The minimum Gasteiger partial charge on any atom is -0.497 e. The van der Waals surface area contributed by atoms with Crippen molar-refractivity contribution in [3.05, 3.63) is 43.1 Å². The van der Waals surface area contributed by atoms with E-state index >= 15 is 0 Å². The van der Waals surface area contributed by atoms with E-state index in [1.807, 2.05) is 30.4 Å². The summed E-state index contributed by atoms with van der Waals surface area (Å²) < 4.78 is 24.2. The lowest BCUT2D eigenvalue weighted by Gasteiger charge is -2.37. The minimum atomic E-state index is -0.929. The fraction of sp³-hybridized carbons (Fsp3) is 0.375. The molecule has 0 amide bonds. The van der Waals surface area contributed by atoms with E-state index in [0.717, 1.165) is 24.0 Å².